The third-order valence-corrected chi connectivity index (χ3v) is 6.82. The van der Waals surface area contributed by atoms with E-state index in [-0.39, 0.29) is 24.9 Å². The van der Waals surface area contributed by atoms with Crippen LogP contribution in [0, 0.1) is 0 Å². The Hall–Kier alpha value is -5.64. The largest absolute Gasteiger partial charge is 0.354 e. The summed E-state index contributed by atoms with van der Waals surface area (Å²) in [5.41, 5.74) is 3.03. The number of carbonyl (C=O) groups is 4. The molecule has 0 heterocycles. The highest BCUT2D eigenvalue weighted by Crippen LogP contribution is 2.08. The van der Waals surface area contributed by atoms with Crippen molar-refractivity contribution in [2.24, 2.45) is 0 Å². The van der Waals surface area contributed by atoms with Crippen LogP contribution in [0.5, 0.6) is 0 Å². The Labute approximate surface area is 263 Å². The molecule has 0 aromatic heterocycles. The van der Waals surface area contributed by atoms with Crippen LogP contribution in [0.15, 0.2) is 121 Å². The first-order valence-electron chi connectivity index (χ1n) is 14.8. The minimum atomic E-state index is -0.812. The van der Waals surface area contributed by atoms with Gasteiger partial charge in [-0.15, -0.1) is 0 Å². The van der Waals surface area contributed by atoms with Crippen LogP contribution in [-0.4, -0.2) is 49.0 Å². The van der Waals surface area contributed by atoms with Crippen molar-refractivity contribution in [1.82, 2.24) is 21.3 Å². The highest BCUT2D eigenvalue weighted by molar-refractivity contribution is 5.94. The minimum absolute atomic E-state index is 0.275. The molecule has 0 spiro atoms. The van der Waals surface area contributed by atoms with Gasteiger partial charge in [-0.3, -0.25) is 9.59 Å². The van der Waals surface area contributed by atoms with Gasteiger partial charge in [0, 0.05) is 37.3 Å². The van der Waals surface area contributed by atoms with Gasteiger partial charge in [0.15, 0.2) is 0 Å². The predicted molar refractivity (Wildman–Crippen MR) is 176 cm³/mol. The van der Waals surface area contributed by atoms with Gasteiger partial charge in [-0.25, -0.2) is 9.59 Å². The van der Waals surface area contributed by atoms with Gasteiger partial charge in [0.1, 0.15) is 12.1 Å². The second kappa shape index (κ2) is 17.5. The van der Waals surface area contributed by atoms with E-state index in [9.17, 15) is 19.2 Å². The molecule has 0 unspecified atom stereocenters. The Balaban J connectivity index is 1.27. The lowest BCUT2D eigenvalue weighted by Crippen LogP contribution is -2.50. The fourth-order valence-electron chi connectivity index (χ4n) is 4.57. The zero-order valence-corrected chi connectivity index (χ0v) is 24.9. The molecule has 0 fully saturated rings. The average molecular weight is 607 g/mol. The van der Waals surface area contributed by atoms with Crippen molar-refractivity contribution in [1.29, 1.82) is 0 Å². The van der Waals surface area contributed by atoms with Gasteiger partial charge in [-0.05, 0) is 41.8 Å². The van der Waals surface area contributed by atoms with Gasteiger partial charge in [-0.1, -0.05) is 97.1 Å². The maximum atomic E-state index is 13.1. The van der Waals surface area contributed by atoms with Gasteiger partial charge in [0.2, 0.25) is 11.8 Å². The molecule has 4 aromatic carbocycles. The number of anilines is 2. The molecule has 10 nitrogen and oxygen atoms in total. The van der Waals surface area contributed by atoms with Crippen molar-refractivity contribution in [3.63, 3.8) is 0 Å². The number of benzene rings is 4. The van der Waals surface area contributed by atoms with E-state index >= 15 is 0 Å². The summed E-state index contributed by atoms with van der Waals surface area (Å²) in [5, 5.41) is 16.8. The molecule has 6 N–H and O–H groups in total. The van der Waals surface area contributed by atoms with Crippen LogP contribution in [0.25, 0.3) is 0 Å². The predicted octanol–water partition coefficient (Wildman–Crippen LogP) is 4.47. The number of hydrogen-bond acceptors (Lipinski definition) is 4. The lowest BCUT2D eigenvalue weighted by molar-refractivity contribution is -0.123. The third kappa shape index (κ3) is 11.5. The third-order valence-electron chi connectivity index (χ3n) is 6.82. The van der Waals surface area contributed by atoms with Gasteiger partial charge in [-0.2, -0.15) is 0 Å². The molecule has 0 saturated heterocycles. The van der Waals surface area contributed by atoms with Crippen molar-refractivity contribution in [2.75, 3.05) is 23.7 Å². The molecule has 4 rings (SSSR count). The molecular formula is C35H38N6O4. The molecule has 232 valence electrons. The van der Waals surface area contributed by atoms with Crippen LogP contribution in [0.3, 0.4) is 0 Å². The number of hydrogen-bond donors (Lipinski definition) is 6. The van der Waals surface area contributed by atoms with Crippen LogP contribution in [0.1, 0.15) is 17.5 Å². The Bertz CT molecular complexity index is 1390. The summed E-state index contributed by atoms with van der Waals surface area (Å²) in [6.07, 6.45) is 1.06. The highest BCUT2D eigenvalue weighted by Gasteiger charge is 2.23. The molecule has 0 aliphatic rings. The van der Waals surface area contributed by atoms with Crippen molar-refractivity contribution >= 4 is 35.3 Å². The van der Waals surface area contributed by atoms with Gasteiger partial charge in [0.05, 0.1) is 0 Å². The zero-order valence-electron chi connectivity index (χ0n) is 24.9. The topological polar surface area (TPSA) is 140 Å². The number of para-hydroxylation sites is 2. The second-order valence-corrected chi connectivity index (χ2v) is 10.3. The molecule has 0 radical (unpaired) electrons. The van der Waals surface area contributed by atoms with Crippen molar-refractivity contribution in [2.45, 2.75) is 31.3 Å². The SMILES string of the molecule is O=C(Nc1ccccc1)N[C@@H](Cc1ccccc1)C(=O)NCCCNC(=O)[C@H](Cc1ccccc1)NC(=O)Nc1ccccc1. The first-order chi connectivity index (χ1) is 22.0. The average Bonchev–Trinajstić information content (AvgIpc) is 3.05. The number of rotatable bonds is 14. The van der Waals surface area contributed by atoms with E-state index in [0.29, 0.717) is 30.6 Å². The normalized spacial score (nSPS) is 11.7. The molecule has 0 aliphatic heterocycles. The molecule has 6 amide bonds. The van der Waals surface area contributed by atoms with Crippen molar-refractivity contribution in [3.8, 4) is 0 Å². The lowest BCUT2D eigenvalue weighted by atomic mass is 10.1. The number of amides is 6. The highest BCUT2D eigenvalue weighted by atomic mass is 16.2. The van der Waals surface area contributed by atoms with Crippen LogP contribution < -0.4 is 31.9 Å². The molecule has 4 aromatic rings. The number of urea groups is 2. The summed E-state index contributed by atoms with van der Waals surface area (Å²) in [7, 11) is 0. The maximum Gasteiger partial charge on any atom is 0.319 e. The second-order valence-electron chi connectivity index (χ2n) is 10.3. The monoisotopic (exact) mass is 606 g/mol. The lowest BCUT2D eigenvalue weighted by Gasteiger charge is -2.20. The Morgan fingerprint density at radius 3 is 1.16 bits per heavy atom. The van der Waals surface area contributed by atoms with Crippen LogP contribution in [-0.2, 0) is 22.4 Å². The molecule has 10 heteroatoms. The molecule has 0 saturated carbocycles. The first-order valence-corrected chi connectivity index (χ1v) is 14.8. The Morgan fingerprint density at radius 1 is 0.467 bits per heavy atom. The van der Waals surface area contributed by atoms with Crippen molar-refractivity contribution < 1.29 is 19.2 Å². The van der Waals surface area contributed by atoms with Gasteiger partial charge >= 0.3 is 12.1 Å². The standard InChI is InChI=1S/C35H38N6O4/c42-32(30(24-26-14-5-1-6-15-26)40-34(44)38-28-18-9-3-10-19-28)36-22-13-23-37-33(43)31(25-27-16-7-2-8-17-27)41-35(45)39-29-20-11-4-12-21-29/h1-12,14-21,30-31H,13,22-25H2,(H,36,42)(H,37,43)(H2,38,40,44)(H2,39,41,45)/t30-,31-/m0/s1. The van der Waals surface area contributed by atoms with Crippen LogP contribution >= 0.6 is 0 Å². The summed E-state index contributed by atoms with van der Waals surface area (Å²) in [6.45, 7) is 0.551. The number of carbonyl (C=O) groups excluding carboxylic acids is 4. The van der Waals surface area contributed by atoms with Crippen molar-refractivity contribution in [3.05, 3.63) is 132 Å². The van der Waals surface area contributed by atoms with E-state index in [2.05, 4.69) is 31.9 Å². The van der Waals surface area contributed by atoms with Gasteiger partial charge in [0.25, 0.3) is 0 Å². The Morgan fingerprint density at radius 2 is 0.800 bits per heavy atom. The minimum Gasteiger partial charge on any atom is -0.354 e. The fraction of sp³-hybridized carbons (Fsp3) is 0.200. The van der Waals surface area contributed by atoms with E-state index in [1.165, 1.54) is 0 Å². The molecule has 0 aliphatic carbocycles. The quantitative estimate of drug-likeness (QED) is 0.118. The molecule has 0 bridgehead atoms. The molecule has 45 heavy (non-hydrogen) atoms. The maximum absolute atomic E-state index is 13.1. The van der Waals surface area contributed by atoms with Crippen LogP contribution in [0.4, 0.5) is 21.0 Å². The smallest absolute Gasteiger partial charge is 0.319 e. The van der Waals surface area contributed by atoms with E-state index in [1.54, 1.807) is 24.3 Å². The van der Waals surface area contributed by atoms with Crippen LogP contribution in [0.2, 0.25) is 0 Å². The van der Waals surface area contributed by atoms with E-state index in [1.807, 2.05) is 97.1 Å². The summed E-state index contributed by atoms with van der Waals surface area (Å²) < 4.78 is 0. The summed E-state index contributed by atoms with van der Waals surface area (Å²) in [5.74, 6) is -0.677. The van der Waals surface area contributed by atoms with E-state index in [4.69, 9.17) is 0 Å². The zero-order chi connectivity index (χ0) is 31.7. The first kappa shape index (κ1) is 32.3. The van der Waals surface area contributed by atoms with E-state index < -0.39 is 24.1 Å². The summed E-state index contributed by atoms with van der Waals surface area (Å²) >= 11 is 0. The number of nitrogens with one attached hydrogen (secondary N) is 6. The summed E-state index contributed by atoms with van der Waals surface area (Å²) in [4.78, 5) is 51.6. The van der Waals surface area contributed by atoms with E-state index in [0.717, 1.165) is 11.1 Å². The molecule has 2 atom stereocenters. The fourth-order valence-corrected chi connectivity index (χ4v) is 4.57. The summed E-state index contributed by atoms with van der Waals surface area (Å²) in [6, 6.07) is 34.2. The molecular weight excluding hydrogens is 568 g/mol. The Kier molecular flexibility index (Phi) is 12.5. The van der Waals surface area contributed by atoms with Gasteiger partial charge < -0.3 is 31.9 Å².